The van der Waals surface area contributed by atoms with Crippen LogP contribution in [-0.2, 0) is 43.4 Å². The molecule has 2 fully saturated rings. The van der Waals surface area contributed by atoms with Gasteiger partial charge in [-0.3, -0.25) is 14.1 Å². The second-order valence-electron chi connectivity index (χ2n) is 10.5. The average Bonchev–Trinajstić information content (AvgIpc) is 2.86. The zero-order valence-electron chi connectivity index (χ0n) is 22.1. The average molecular weight is 556 g/mol. The van der Waals surface area contributed by atoms with Gasteiger partial charge in [0, 0.05) is 0 Å². The maximum absolute atomic E-state index is 13.2. The first kappa shape index (κ1) is 30.6. The number of carbonyl (C=O) groups excluding carboxylic acids is 2. The molecule has 0 aliphatic heterocycles. The van der Waals surface area contributed by atoms with E-state index in [9.17, 15) is 31.2 Å². The van der Waals surface area contributed by atoms with Crippen LogP contribution >= 0.6 is 0 Å². The van der Waals surface area contributed by atoms with Crippen LogP contribution in [0, 0.1) is 23.7 Å². The minimum Gasteiger partial charge on any atom is -0.451 e. The van der Waals surface area contributed by atoms with Crippen LogP contribution in [0.5, 0.6) is 5.75 Å². The Morgan fingerprint density at radius 1 is 0.921 bits per heavy atom. The summed E-state index contributed by atoms with van der Waals surface area (Å²) in [5.74, 6) is -3.34. The quantitative estimate of drug-likeness (QED) is 0.211. The fourth-order valence-corrected chi connectivity index (χ4v) is 6.45. The summed E-state index contributed by atoms with van der Waals surface area (Å²) in [6.45, 7) is 0. The Morgan fingerprint density at radius 2 is 1.42 bits per heavy atom. The molecule has 1 aromatic rings. The zero-order valence-corrected chi connectivity index (χ0v) is 22.9. The number of carbonyl (C=O) groups is 2. The smallest absolute Gasteiger partial charge is 0.426 e. The van der Waals surface area contributed by atoms with Gasteiger partial charge in [-0.2, -0.15) is 21.6 Å². The lowest BCUT2D eigenvalue weighted by atomic mass is 9.65. The van der Waals surface area contributed by atoms with Crippen molar-refractivity contribution in [2.24, 2.45) is 23.7 Å². The van der Waals surface area contributed by atoms with E-state index in [-0.39, 0.29) is 30.1 Å². The van der Waals surface area contributed by atoms with Crippen LogP contribution in [0.3, 0.4) is 0 Å². The summed E-state index contributed by atoms with van der Waals surface area (Å²) in [7, 11) is 1.15. The topological polar surface area (TPSA) is 107 Å². The van der Waals surface area contributed by atoms with Crippen LogP contribution in [-0.4, -0.2) is 66.5 Å². The molecule has 208 valence electrons. The van der Waals surface area contributed by atoms with Gasteiger partial charge in [0.2, 0.25) is 6.10 Å². The van der Waals surface area contributed by atoms with E-state index in [1.165, 1.54) is 5.56 Å². The Bertz CT molecular complexity index is 1100. The molecule has 0 radical (unpaired) electrons. The van der Waals surface area contributed by atoms with Gasteiger partial charge in [0.05, 0.1) is 11.8 Å². The maximum Gasteiger partial charge on any atom is 0.426 e. The van der Waals surface area contributed by atoms with E-state index in [2.05, 4.69) is 24.7 Å². The van der Waals surface area contributed by atoms with Crippen molar-refractivity contribution in [1.82, 2.24) is 0 Å². The molecule has 0 aromatic heterocycles. The molecule has 3 rings (SSSR count). The third-order valence-electron chi connectivity index (χ3n) is 7.94. The van der Waals surface area contributed by atoms with Crippen LogP contribution in [0.15, 0.2) is 12.1 Å². The van der Waals surface area contributed by atoms with Gasteiger partial charge in [0.25, 0.3) is 10.1 Å². The van der Waals surface area contributed by atoms with Crippen LogP contribution in [0.1, 0.15) is 55.2 Å². The molecule has 0 saturated heterocycles. The predicted molar refractivity (Wildman–Crippen MR) is 143 cm³/mol. The number of benzene rings is 1. The minimum atomic E-state index is -5.12. The number of hydrogen-bond acceptors (Lipinski definition) is 6. The van der Waals surface area contributed by atoms with Crippen molar-refractivity contribution in [3.8, 4) is 5.75 Å². The predicted octanol–water partition coefficient (Wildman–Crippen LogP) is 1.19. The van der Waals surface area contributed by atoms with E-state index < -0.39 is 40.0 Å². The van der Waals surface area contributed by atoms with Gasteiger partial charge in [-0.1, -0.05) is 36.7 Å². The molecule has 38 heavy (non-hydrogen) atoms. The number of alkyl halides is 3. The molecule has 5 unspecified atom stereocenters. The van der Waals surface area contributed by atoms with Crippen molar-refractivity contribution in [1.29, 1.82) is 0 Å². The molecule has 0 spiro atoms. The number of fused-ring (bicyclic) bond motifs is 1. The van der Waals surface area contributed by atoms with Gasteiger partial charge in [0.1, 0.15) is 35.0 Å². The Hall–Kier alpha value is -1.95. The largest absolute Gasteiger partial charge is 0.451 e. The molecule has 2 saturated carbocycles. The second kappa shape index (κ2) is 12.5. The normalized spacial score (nSPS) is 24.7. The lowest BCUT2D eigenvalue weighted by Gasteiger charge is -2.41. The minimum absolute atomic E-state index is 0.0532. The number of hydrogen-bond donors (Lipinski definition) is 1. The van der Waals surface area contributed by atoms with E-state index in [0.29, 0.717) is 37.9 Å². The fraction of sp³-hybridized carbons (Fsp3) is 0.667. The molecule has 14 heteroatoms. The summed E-state index contributed by atoms with van der Waals surface area (Å²) in [6.07, 6.45) is -2.70. The fourth-order valence-electron chi connectivity index (χ4n) is 5.81. The highest BCUT2D eigenvalue weighted by molar-refractivity contribution is 7.85. The highest BCUT2D eigenvalue weighted by Crippen LogP contribution is 2.46. The molecule has 0 heterocycles. The SMILES string of the molecule is BCc1cc(CB)c(OC(=O)C2CCC3CC(C(=O)OC(CS(=O)(=O)O)C(F)(F)F)CCC3C2)c(CB)c1. The van der Waals surface area contributed by atoms with Crippen molar-refractivity contribution in [3.05, 3.63) is 28.8 Å². The van der Waals surface area contributed by atoms with Gasteiger partial charge in [-0.15, -0.1) is 0 Å². The lowest BCUT2D eigenvalue weighted by molar-refractivity contribution is -0.218. The van der Waals surface area contributed by atoms with Crippen molar-refractivity contribution in [2.75, 3.05) is 5.75 Å². The Morgan fingerprint density at radius 3 is 1.84 bits per heavy atom. The Kier molecular flexibility index (Phi) is 10.1. The van der Waals surface area contributed by atoms with E-state index in [1.807, 2.05) is 15.7 Å². The highest BCUT2D eigenvalue weighted by Gasteiger charge is 2.47. The third-order valence-corrected chi connectivity index (χ3v) is 8.66. The third kappa shape index (κ3) is 7.80. The lowest BCUT2D eigenvalue weighted by Crippen LogP contribution is -2.42. The molecule has 0 amide bonds. The van der Waals surface area contributed by atoms with Crippen LogP contribution < -0.4 is 4.74 Å². The van der Waals surface area contributed by atoms with Crippen molar-refractivity contribution < 1.29 is 45.2 Å². The Balaban J connectivity index is 1.61. The van der Waals surface area contributed by atoms with Gasteiger partial charge in [-0.05, 0) is 61.5 Å². The first-order valence-corrected chi connectivity index (χ1v) is 14.9. The maximum atomic E-state index is 13.2. The number of rotatable bonds is 9. The first-order valence-electron chi connectivity index (χ1n) is 13.3. The summed E-state index contributed by atoms with van der Waals surface area (Å²) in [5, 5.41) is 0. The van der Waals surface area contributed by atoms with Crippen molar-refractivity contribution in [3.63, 3.8) is 0 Å². The van der Waals surface area contributed by atoms with Gasteiger partial charge >= 0.3 is 18.1 Å². The summed E-state index contributed by atoms with van der Waals surface area (Å²) >= 11 is 0. The van der Waals surface area contributed by atoms with Crippen LogP contribution in [0.4, 0.5) is 13.2 Å². The summed E-state index contributed by atoms with van der Waals surface area (Å²) in [4.78, 5) is 25.6. The number of ether oxygens (including phenoxy) is 2. The molecular formula is C24H34B3F3O7S. The molecule has 1 N–H and O–H groups in total. The highest BCUT2D eigenvalue weighted by atomic mass is 32.2. The van der Waals surface area contributed by atoms with Crippen LogP contribution in [0.25, 0.3) is 0 Å². The van der Waals surface area contributed by atoms with Crippen molar-refractivity contribution in [2.45, 2.75) is 69.8 Å². The van der Waals surface area contributed by atoms with E-state index in [4.69, 9.17) is 9.29 Å². The summed E-state index contributed by atoms with van der Waals surface area (Å²) in [5.41, 5.74) is 3.22. The monoisotopic (exact) mass is 556 g/mol. The Labute approximate surface area is 224 Å². The zero-order chi connectivity index (χ0) is 28.3. The standard InChI is InChI=1S/C24H34B3F3O7S/c25-9-13-5-18(10-26)21(19(6-13)11-27)37-23(32)17-4-2-14-7-16(3-1-15(14)8-17)22(31)36-20(24(28,29)30)12-38(33,34)35/h5-6,14-17,20H,1-4,7-12,25-27H2,(H,33,34,35). The van der Waals surface area contributed by atoms with Crippen molar-refractivity contribution >= 4 is 45.6 Å². The number of esters is 2. The molecule has 5 atom stereocenters. The molecule has 0 bridgehead atoms. The molecule has 7 nitrogen and oxygen atoms in total. The molecule has 2 aliphatic carbocycles. The van der Waals surface area contributed by atoms with Gasteiger partial charge in [-0.25, -0.2) is 0 Å². The second-order valence-corrected chi connectivity index (χ2v) is 12.0. The van der Waals surface area contributed by atoms with Crippen LogP contribution in [0.2, 0.25) is 0 Å². The van der Waals surface area contributed by atoms with Gasteiger partial charge < -0.3 is 9.47 Å². The van der Waals surface area contributed by atoms with E-state index in [1.54, 1.807) is 0 Å². The molecular weight excluding hydrogens is 522 g/mol. The first-order chi connectivity index (χ1) is 17.7. The number of halogens is 3. The molecule has 1 aromatic carbocycles. The van der Waals surface area contributed by atoms with Gasteiger partial charge in [0.15, 0.2) is 0 Å². The van der Waals surface area contributed by atoms with E-state index in [0.717, 1.165) is 30.1 Å². The summed E-state index contributed by atoms with van der Waals surface area (Å²) < 4.78 is 80.7. The van der Waals surface area contributed by atoms with E-state index >= 15 is 0 Å². The molecule has 2 aliphatic rings. The summed E-state index contributed by atoms with van der Waals surface area (Å²) in [6, 6.07) is 4.16.